The van der Waals surface area contributed by atoms with Gasteiger partial charge in [0.05, 0.1) is 18.8 Å². The highest BCUT2D eigenvalue weighted by atomic mass is 16.3. The van der Waals surface area contributed by atoms with Crippen molar-refractivity contribution in [3.8, 4) is 0 Å². The number of carbonyl (C=O) groups excluding carboxylic acids is 1. The molecule has 1 fully saturated rings. The fourth-order valence-electron chi connectivity index (χ4n) is 2.82. The molecule has 3 rings (SSSR count). The Morgan fingerprint density at radius 1 is 1.22 bits per heavy atom. The van der Waals surface area contributed by atoms with Crippen LogP contribution in [0.3, 0.4) is 0 Å². The van der Waals surface area contributed by atoms with E-state index in [1.54, 1.807) is 6.26 Å². The number of anilines is 2. The van der Waals surface area contributed by atoms with Crippen LogP contribution in [0, 0.1) is 0 Å². The molecule has 122 valence electrons. The molecule has 0 bridgehead atoms. The number of nitrogens with one attached hydrogen (secondary N) is 2. The molecule has 1 amide bonds. The molecule has 0 radical (unpaired) electrons. The van der Waals surface area contributed by atoms with Crippen molar-refractivity contribution >= 4 is 17.3 Å². The fourth-order valence-corrected chi connectivity index (χ4v) is 2.82. The van der Waals surface area contributed by atoms with Crippen LogP contribution in [0.5, 0.6) is 0 Å². The van der Waals surface area contributed by atoms with E-state index in [9.17, 15) is 4.79 Å². The van der Waals surface area contributed by atoms with E-state index in [0.29, 0.717) is 0 Å². The summed E-state index contributed by atoms with van der Waals surface area (Å²) in [5, 5.41) is 6.06. The van der Waals surface area contributed by atoms with Gasteiger partial charge in [-0.05, 0) is 56.2 Å². The molecule has 1 aromatic carbocycles. The van der Waals surface area contributed by atoms with Crippen LogP contribution < -0.4 is 15.5 Å². The molecule has 5 nitrogen and oxygen atoms in total. The van der Waals surface area contributed by atoms with Gasteiger partial charge in [-0.15, -0.1) is 0 Å². The molecule has 2 heterocycles. The van der Waals surface area contributed by atoms with Crippen molar-refractivity contribution in [2.45, 2.75) is 25.8 Å². The smallest absolute Gasteiger partial charge is 0.238 e. The number of hydrogen-bond acceptors (Lipinski definition) is 4. The Hall–Kier alpha value is -2.27. The van der Waals surface area contributed by atoms with Crippen molar-refractivity contribution in [2.75, 3.05) is 29.9 Å². The summed E-state index contributed by atoms with van der Waals surface area (Å²) in [7, 11) is 0. The van der Waals surface area contributed by atoms with E-state index in [1.165, 1.54) is 18.5 Å². The summed E-state index contributed by atoms with van der Waals surface area (Å²) >= 11 is 0. The molecule has 0 aliphatic carbocycles. The Morgan fingerprint density at radius 2 is 1.96 bits per heavy atom. The zero-order valence-corrected chi connectivity index (χ0v) is 13.4. The third-order valence-electron chi connectivity index (χ3n) is 4.16. The summed E-state index contributed by atoms with van der Waals surface area (Å²) in [4.78, 5) is 14.4. The maximum Gasteiger partial charge on any atom is 0.238 e. The molecule has 0 unspecified atom stereocenters. The Kier molecular flexibility index (Phi) is 4.98. The third-order valence-corrected chi connectivity index (χ3v) is 4.16. The van der Waals surface area contributed by atoms with E-state index in [0.717, 1.165) is 24.5 Å². The van der Waals surface area contributed by atoms with Crippen molar-refractivity contribution in [2.24, 2.45) is 0 Å². The molecule has 1 aliphatic rings. The van der Waals surface area contributed by atoms with E-state index in [-0.39, 0.29) is 18.5 Å². The first-order chi connectivity index (χ1) is 11.2. The van der Waals surface area contributed by atoms with Gasteiger partial charge in [0.25, 0.3) is 0 Å². The average molecular weight is 313 g/mol. The highest BCUT2D eigenvalue weighted by Crippen LogP contribution is 2.22. The Morgan fingerprint density at radius 3 is 2.61 bits per heavy atom. The van der Waals surface area contributed by atoms with Gasteiger partial charge in [0.2, 0.25) is 5.91 Å². The minimum absolute atomic E-state index is 0.00768. The van der Waals surface area contributed by atoms with Crippen LogP contribution in [-0.2, 0) is 4.79 Å². The summed E-state index contributed by atoms with van der Waals surface area (Å²) in [5.41, 5.74) is 2.05. The second-order valence-corrected chi connectivity index (χ2v) is 5.91. The van der Waals surface area contributed by atoms with Crippen molar-refractivity contribution in [1.29, 1.82) is 0 Å². The molecule has 1 saturated heterocycles. The lowest BCUT2D eigenvalue weighted by molar-refractivity contribution is -0.115. The molecule has 2 aromatic rings. The quantitative estimate of drug-likeness (QED) is 0.860. The minimum Gasteiger partial charge on any atom is -0.468 e. The number of hydrogen-bond donors (Lipinski definition) is 2. The lowest BCUT2D eigenvalue weighted by Crippen LogP contribution is -2.30. The van der Waals surface area contributed by atoms with Crippen molar-refractivity contribution < 1.29 is 9.21 Å². The Balaban J connectivity index is 1.47. The van der Waals surface area contributed by atoms with E-state index in [1.807, 2.05) is 31.2 Å². The summed E-state index contributed by atoms with van der Waals surface area (Å²) in [6.07, 6.45) is 4.16. The molecule has 0 spiro atoms. The molecular weight excluding hydrogens is 290 g/mol. The number of amides is 1. The second kappa shape index (κ2) is 7.33. The van der Waals surface area contributed by atoms with E-state index >= 15 is 0 Å². The van der Waals surface area contributed by atoms with Crippen LogP contribution in [0.1, 0.15) is 31.6 Å². The van der Waals surface area contributed by atoms with Crippen molar-refractivity contribution in [1.82, 2.24) is 5.32 Å². The minimum atomic E-state index is -0.0580. The zero-order chi connectivity index (χ0) is 16.1. The van der Waals surface area contributed by atoms with Gasteiger partial charge in [0.15, 0.2) is 0 Å². The Labute approximate surface area is 136 Å². The number of benzene rings is 1. The number of carbonyl (C=O) groups is 1. The highest BCUT2D eigenvalue weighted by molar-refractivity contribution is 5.92. The third kappa shape index (κ3) is 4.13. The van der Waals surface area contributed by atoms with Gasteiger partial charge in [-0.3, -0.25) is 10.1 Å². The van der Waals surface area contributed by atoms with Crippen molar-refractivity contribution in [3.05, 3.63) is 48.4 Å². The summed E-state index contributed by atoms with van der Waals surface area (Å²) in [6.45, 7) is 4.47. The van der Waals surface area contributed by atoms with Crippen LogP contribution in [-0.4, -0.2) is 25.5 Å². The maximum absolute atomic E-state index is 12.0. The molecule has 1 aromatic heterocycles. The Bertz CT molecular complexity index is 616. The summed E-state index contributed by atoms with van der Waals surface area (Å²) in [6, 6.07) is 11.8. The lowest BCUT2D eigenvalue weighted by Gasteiger charge is -2.18. The highest BCUT2D eigenvalue weighted by Gasteiger charge is 2.13. The molecule has 1 atom stereocenters. The summed E-state index contributed by atoms with van der Waals surface area (Å²) < 4.78 is 5.31. The van der Waals surface area contributed by atoms with Gasteiger partial charge in [0, 0.05) is 24.5 Å². The van der Waals surface area contributed by atoms with Gasteiger partial charge < -0.3 is 14.6 Å². The van der Waals surface area contributed by atoms with Gasteiger partial charge >= 0.3 is 0 Å². The van der Waals surface area contributed by atoms with Crippen LogP contribution in [0.25, 0.3) is 0 Å². The number of rotatable bonds is 6. The molecule has 2 N–H and O–H groups in total. The SMILES string of the molecule is C[C@H](NCC(=O)Nc1ccc(N2CCCC2)cc1)c1ccco1. The topological polar surface area (TPSA) is 57.5 Å². The van der Waals surface area contributed by atoms with Crippen LogP contribution >= 0.6 is 0 Å². The fraction of sp³-hybridized carbons (Fsp3) is 0.389. The van der Waals surface area contributed by atoms with Gasteiger partial charge in [-0.1, -0.05) is 0 Å². The second-order valence-electron chi connectivity index (χ2n) is 5.91. The normalized spacial score (nSPS) is 15.6. The van der Waals surface area contributed by atoms with E-state index in [4.69, 9.17) is 4.42 Å². The molecule has 0 saturated carbocycles. The first kappa shape index (κ1) is 15.6. The average Bonchev–Trinajstić information content (AvgIpc) is 3.26. The monoisotopic (exact) mass is 313 g/mol. The number of furan rings is 1. The van der Waals surface area contributed by atoms with Gasteiger partial charge in [-0.25, -0.2) is 0 Å². The number of nitrogens with zero attached hydrogens (tertiary/aromatic N) is 1. The predicted octanol–water partition coefficient (Wildman–Crippen LogP) is 3.17. The standard InChI is InChI=1S/C18H23N3O2/c1-14(17-5-4-12-23-17)19-13-18(22)20-15-6-8-16(9-7-15)21-10-2-3-11-21/h4-9,12,14,19H,2-3,10-11,13H2,1H3,(H,20,22)/t14-/m0/s1. The van der Waals surface area contributed by atoms with Crippen LogP contribution in [0.15, 0.2) is 47.1 Å². The van der Waals surface area contributed by atoms with Gasteiger partial charge in [-0.2, -0.15) is 0 Å². The zero-order valence-electron chi connectivity index (χ0n) is 13.4. The molecule has 5 heteroatoms. The van der Waals surface area contributed by atoms with Crippen molar-refractivity contribution in [3.63, 3.8) is 0 Å². The summed E-state index contributed by atoms with van der Waals surface area (Å²) in [5.74, 6) is 0.769. The lowest BCUT2D eigenvalue weighted by atomic mass is 10.2. The van der Waals surface area contributed by atoms with E-state index < -0.39 is 0 Å². The molecule has 23 heavy (non-hydrogen) atoms. The first-order valence-corrected chi connectivity index (χ1v) is 8.14. The van der Waals surface area contributed by atoms with E-state index in [2.05, 4.69) is 27.7 Å². The van der Waals surface area contributed by atoms with Crippen LogP contribution in [0.2, 0.25) is 0 Å². The first-order valence-electron chi connectivity index (χ1n) is 8.14. The predicted molar refractivity (Wildman–Crippen MR) is 91.6 cm³/mol. The van der Waals surface area contributed by atoms with Gasteiger partial charge in [0.1, 0.15) is 5.76 Å². The maximum atomic E-state index is 12.0. The molecule has 1 aliphatic heterocycles. The largest absolute Gasteiger partial charge is 0.468 e. The molecular formula is C18H23N3O2. The van der Waals surface area contributed by atoms with Crippen LogP contribution in [0.4, 0.5) is 11.4 Å².